The van der Waals surface area contributed by atoms with Crippen molar-refractivity contribution < 1.29 is 27.5 Å². The van der Waals surface area contributed by atoms with Crippen LogP contribution in [0.3, 0.4) is 0 Å². The Kier molecular flexibility index (Phi) is 14.0. The molecule has 1 amide bonds. The van der Waals surface area contributed by atoms with E-state index in [4.69, 9.17) is 20.8 Å². The van der Waals surface area contributed by atoms with Crippen molar-refractivity contribution in [2.75, 3.05) is 31.2 Å². The quantitative estimate of drug-likeness (QED) is 0.0855. The van der Waals surface area contributed by atoms with Gasteiger partial charge in [0.05, 0.1) is 23.6 Å². The number of ether oxygens (including phenoxy) is 1. The summed E-state index contributed by atoms with van der Waals surface area (Å²) >= 11 is 6.48. The highest BCUT2D eigenvalue weighted by molar-refractivity contribution is 7.90. The molecule has 1 fully saturated rings. The van der Waals surface area contributed by atoms with Gasteiger partial charge in [0.25, 0.3) is 14.2 Å². The van der Waals surface area contributed by atoms with Gasteiger partial charge in [-0.2, -0.15) is 0 Å². The molecule has 1 aliphatic heterocycles. The Hall–Kier alpha value is -4.19. The molecule has 4 aromatic rings. The Morgan fingerprint density at radius 1 is 1.03 bits per heavy atom. The number of nitrogens with zero attached hydrogens (tertiary/aromatic N) is 1. The fourth-order valence-electron chi connectivity index (χ4n) is 10.5. The van der Waals surface area contributed by atoms with Crippen molar-refractivity contribution in [3.8, 4) is 5.75 Å². The molecule has 8 nitrogen and oxygen atoms in total. The molecule has 0 radical (unpaired) electrons. The summed E-state index contributed by atoms with van der Waals surface area (Å²) in [5.74, 6) is -0.116. The van der Waals surface area contributed by atoms with Gasteiger partial charge in [-0.15, -0.1) is 13.2 Å². The average molecular weight is 896 g/mol. The molecule has 330 valence electrons. The van der Waals surface area contributed by atoms with E-state index in [2.05, 4.69) is 79.9 Å². The van der Waals surface area contributed by atoms with Gasteiger partial charge in [-0.05, 0) is 120 Å². The van der Waals surface area contributed by atoms with E-state index in [9.17, 15) is 18.3 Å². The molecular formula is C51H63ClN2O6SSi. The first-order chi connectivity index (χ1) is 29.6. The van der Waals surface area contributed by atoms with E-state index in [0.717, 1.165) is 48.2 Å². The zero-order valence-electron chi connectivity index (χ0n) is 36.7. The number of allylic oxidation sites excluding steroid dienone is 1. The normalized spacial score (nSPS) is 21.5. The number of anilines is 1. The third-order valence-corrected chi connectivity index (χ3v) is 21.1. The number of amides is 1. The molecule has 1 saturated carbocycles. The number of aliphatic hydroxyl groups is 1. The van der Waals surface area contributed by atoms with Crippen molar-refractivity contribution in [1.82, 2.24) is 4.72 Å². The Morgan fingerprint density at radius 3 is 2.34 bits per heavy atom. The van der Waals surface area contributed by atoms with Gasteiger partial charge in [-0.25, -0.2) is 13.1 Å². The summed E-state index contributed by atoms with van der Waals surface area (Å²) in [5.41, 5.74) is 3.09. The molecule has 0 bridgehead atoms. The van der Waals surface area contributed by atoms with E-state index < -0.39 is 35.6 Å². The van der Waals surface area contributed by atoms with Crippen LogP contribution in [-0.2, 0) is 26.3 Å². The lowest BCUT2D eigenvalue weighted by atomic mass is 9.68. The zero-order valence-corrected chi connectivity index (χ0v) is 39.3. The Balaban J connectivity index is 1.17. The molecular weight excluding hydrogens is 832 g/mol. The van der Waals surface area contributed by atoms with Gasteiger partial charge in [-0.3, -0.25) is 4.79 Å². The number of sulfonamides is 1. The van der Waals surface area contributed by atoms with E-state index >= 15 is 0 Å². The van der Waals surface area contributed by atoms with Crippen LogP contribution in [0.5, 0.6) is 5.75 Å². The van der Waals surface area contributed by atoms with Crippen LogP contribution in [0, 0.1) is 17.8 Å². The van der Waals surface area contributed by atoms with Crippen LogP contribution < -0.4 is 24.7 Å². The van der Waals surface area contributed by atoms with Crippen molar-refractivity contribution in [3.63, 3.8) is 0 Å². The number of hydrogen-bond donors (Lipinski definition) is 2. The van der Waals surface area contributed by atoms with Gasteiger partial charge >= 0.3 is 0 Å². The topological polar surface area (TPSA) is 105 Å². The van der Waals surface area contributed by atoms with Crippen LogP contribution >= 0.6 is 11.6 Å². The van der Waals surface area contributed by atoms with Gasteiger partial charge in [0, 0.05) is 35.7 Å². The van der Waals surface area contributed by atoms with Crippen LogP contribution in [0.25, 0.3) is 0 Å². The van der Waals surface area contributed by atoms with Crippen LogP contribution in [0.15, 0.2) is 122 Å². The summed E-state index contributed by atoms with van der Waals surface area (Å²) in [7, 11) is -7.16. The molecule has 7 rings (SSSR count). The van der Waals surface area contributed by atoms with Crippen molar-refractivity contribution in [2.45, 2.75) is 94.4 Å². The molecule has 11 heteroatoms. The average Bonchev–Trinajstić information content (AvgIpc) is 3.38. The first kappa shape index (κ1) is 45.8. The molecule has 4 aromatic carbocycles. The summed E-state index contributed by atoms with van der Waals surface area (Å²) in [4.78, 5) is 16.6. The van der Waals surface area contributed by atoms with E-state index in [-0.39, 0.29) is 46.8 Å². The van der Waals surface area contributed by atoms with E-state index in [1.54, 1.807) is 30.4 Å². The number of carbonyl (C=O) groups is 1. The lowest BCUT2D eigenvalue weighted by molar-refractivity contribution is 0.0460. The molecule has 2 N–H and O–H groups in total. The molecule has 1 heterocycles. The number of aryl methyl sites for hydroxylation is 1. The van der Waals surface area contributed by atoms with Gasteiger partial charge in [0.15, 0.2) is 0 Å². The lowest BCUT2D eigenvalue weighted by Gasteiger charge is -2.45. The van der Waals surface area contributed by atoms with Crippen molar-refractivity contribution in [3.05, 3.63) is 144 Å². The SMILES string of the molecule is C=CCC(C)C(CCO[Si](c1ccccc1)(c1ccccc1)C(C)(C)C)S(=O)(=O)NC(=O)c1ccc2c(c1)N(C[C@@H]1CC[C@H]1C(O)C=C)C[C@@]1(CCCc3cc(Cl)ccc31)CO2. The smallest absolute Gasteiger partial charge is 0.264 e. The number of nitrogens with one attached hydrogen (secondary N) is 1. The predicted octanol–water partition coefficient (Wildman–Crippen LogP) is 8.99. The van der Waals surface area contributed by atoms with Crippen LogP contribution in [0.1, 0.15) is 87.7 Å². The minimum absolute atomic E-state index is 0.0835. The summed E-state index contributed by atoms with van der Waals surface area (Å²) in [6.45, 7) is 18.1. The number of benzene rings is 4. The number of carbonyl (C=O) groups excluding carboxylic acids is 1. The van der Waals surface area contributed by atoms with E-state index in [0.29, 0.717) is 36.9 Å². The number of hydrogen-bond acceptors (Lipinski definition) is 7. The fraction of sp³-hybridized carbons (Fsp3) is 0.431. The van der Waals surface area contributed by atoms with Crippen molar-refractivity contribution in [1.29, 1.82) is 0 Å². The minimum Gasteiger partial charge on any atom is -0.490 e. The number of halogens is 1. The molecule has 0 saturated heterocycles. The second-order valence-corrected chi connectivity index (χ2v) is 25.5. The van der Waals surface area contributed by atoms with Gasteiger partial charge in [-0.1, -0.05) is 118 Å². The Morgan fingerprint density at radius 2 is 1.73 bits per heavy atom. The molecule has 3 unspecified atom stereocenters. The summed E-state index contributed by atoms with van der Waals surface area (Å²) in [6.07, 6.45) is 8.10. The lowest BCUT2D eigenvalue weighted by Crippen LogP contribution is -2.66. The summed E-state index contributed by atoms with van der Waals surface area (Å²) in [6, 6.07) is 31.9. The third-order valence-electron chi connectivity index (χ3n) is 13.9. The van der Waals surface area contributed by atoms with E-state index in [1.165, 1.54) is 11.1 Å². The first-order valence-corrected chi connectivity index (χ1v) is 26.0. The molecule has 1 spiro atoms. The highest BCUT2D eigenvalue weighted by Crippen LogP contribution is 2.47. The maximum Gasteiger partial charge on any atom is 0.264 e. The van der Waals surface area contributed by atoms with Crippen LogP contribution in [0.4, 0.5) is 5.69 Å². The van der Waals surface area contributed by atoms with E-state index in [1.807, 2.05) is 49.4 Å². The minimum atomic E-state index is -4.21. The van der Waals surface area contributed by atoms with Crippen molar-refractivity contribution in [2.24, 2.45) is 17.8 Å². The summed E-state index contributed by atoms with van der Waals surface area (Å²) in [5, 5.41) is 12.5. The molecule has 0 aromatic heterocycles. The number of aliphatic hydroxyl groups excluding tert-OH is 1. The standard InChI is InChI=1S/C51H63ClN2O6SSi/c1-7-16-36(3)48(28-30-60-62(50(4,5)6,41-18-11-9-12-19-41)42-20-13-10-14-21-42)61(57,58)53-49(56)38-23-27-47-45(32-38)54(33-39-22-25-43(39)46(55)8-2)34-51(35-59-47)29-15-17-37-31-40(52)24-26-44(37)51/h7-14,18-21,23-24,26-27,31-32,36,39,43,46,48,55H,1-2,15-17,22,25,28-30,33-35H2,3-6H3,(H,53,56)/t36?,39-,43+,46?,48?,51-/m0/s1. The Bertz CT molecular complexity index is 2300. The second-order valence-electron chi connectivity index (χ2n) is 18.8. The van der Waals surface area contributed by atoms with Crippen LogP contribution in [0.2, 0.25) is 10.1 Å². The molecule has 3 aliphatic rings. The highest BCUT2D eigenvalue weighted by Gasteiger charge is 2.50. The predicted molar refractivity (Wildman–Crippen MR) is 255 cm³/mol. The number of fused-ring (bicyclic) bond motifs is 3. The molecule has 6 atom stereocenters. The second kappa shape index (κ2) is 18.9. The first-order valence-electron chi connectivity index (χ1n) is 22.2. The summed E-state index contributed by atoms with van der Waals surface area (Å²) < 4.78 is 45.3. The van der Waals surface area contributed by atoms with Gasteiger partial charge < -0.3 is 19.2 Å². The Labute approximate surface area is 375 Å². The maximum absolute atomic E-state index is 14.5. The fourth-order valence-corrected chi connectivity index (χ4v) is 16.9. The molecule has 62 heavy (non-hydrogen) atoms. The number of rotatable bonds is 16. The maximum atomic E-state index is 14.5. The van der Waals surface area contributed by atoms with Gasteiger partial charge in [0.2, 0.25) is 10.0 Å². The van der Waals surface area contributed by atoms with Crippen LogP contribution in [-0.4, -0.2) is 65.4 Å². The molecule has 2 aliphatic carbocycles. The zero-order chi connectivity index (χ0) is 44.3. The third kappa shape index (κ3) is 9.22. The highest BCUT2D eigenvalue weighted by atomic mass is 35.5. The van der Waals surface area contributed by atoms with Crippen molar-refractivity contribution >= 4 is 51.9 Å². The van der Waals surface area contributed by atoms with Gasteiger partial charge in [0.1, 0.15) is 5.75 Å². The monoisotopic (exact) mass is 894 g/mol. The largest absolute Gasteiger partial charge is 0.490 e.